The van der Waals surface area contributed by atoms with Crippen molar-refractivity contribution in [2.24, 2.45) is 5.41 Å². The Balaban J connectivity index is 2.65. The van der Waals surface area contributed by atoms with Crippen molar-refractivity contribution in [3.63, 3.8) is 0 Å². The van der Waals surface area contributed by atoms with Crippen LogP contribution >= 0.6 is 22.9 Å². The van der Waals surface area contributed by atoms with Crippen LogP contribution in [0.15, 0.2) is 0 Å². The first-order valence-corrected chi connectivity index (χ1v) is 4.65. The largest absolute Gasteiger partial charge is 0.207 e. The van der Waals surface area contributed by atoms with Crippen LogP contribution in [0.4, 0.5) is 0 Å². The molecule has 0 bridgehead atoms. The lowest BCUT2D eigenvalue weighted by atomic mass is 9.93. The Hall–Kier alpha value is -0.150. The van der Waals surface area contributed by atoms with Gasteiger partial charge in [0.05, 0.1) is 0 Å². The van der Waals surface area contributed by atoms with Crippen molar-refractivity contribution in [3.8, 4) is 0 Å². The predicted octanol–water partition coefficient (Wildman–Crippen LogP) is 2.78. The number of rotatable bonds is 1. The van der Waals surface area contributed by atoms with Crippen molar-refractivity contribution in [2.75, 3.05) is 0 Å². The maximum absolute atomic E-state index is 5.63. The fraction of sp³-hybridized carbons (Fsp3) is 0.714. The van der Waals surface area contributed by atoms with Crippen molar-refractivity contribution >= 4 is 22.9 Å². The molecule has 2 nitrogen and oxygen atoms in total. The molecule has 0 aromatic carbocycles. The number of aromatic nitrogens is 2. The van der Waals surface area contributed by atoms with Crippen molar-refractivity contribution in [1.82, 2.24) is 10.2 Å². The fourth-order valence-electron chi connectivity index (χ4n) is 0.758. The van der Waals surface area contributed by atoms with E-state index in [1.165, 1.54) is 11.3 Å². The summed E-state index contributed by atoms with van der Waals surface area (Å²) < 4.78 is 0.532. The van der Waals surface area contributed by atoms with Gasteiger partial charge in [-0.1, -0.05) is 32.1 Å². The molecule has 1 aromatic rings. The lowest BCUT2D eigenvalue weighted by Crippen LogP contribution is -2.08. The third kappa shape index (κ3) is 3.16. The normalized spacial score (nSPS) is 12.0. The first-order chi connectivity index (χ1) is 4.97. The second-order valence-corrected chi connectivity index (χ2v) is 5.33. The molecular weight excluding hydrogens is 180 g/mol. The van der Waals surface area contributed by atoms with E-state index in [0.29, 0.717) is 4.47 Å². The van der Waals surface area contributed by atoms with Crippen LogP contribution in [0.3, 0.4) is 0 Å². The first kappa shape index (κ1) is 8.94. The van der Waals surface area contributed by atoms with E-state index in [1.807, 2.05) is 0 Å². The highest BCUT2D eigenvalue weighted by molar-refractivity contribution is 7.15. The van der Waals surface area contributed by atoms with E-state index in [1.54, 1.807) is 0 Å². The molecule has 0 N–H and O–H groups in total. The maximum Gasteiger partial charge on any atom is 0.207 e. The smallest absolute Gasteiger partial charge is 0.142 e. The van der Waals surface area contributed by atoms with E-state index in [4.69, 9.17) is 11.6 Å². The monoisotopic (exact) mass is 190 g/mol. The van der Waals surface area contributed by atoms with Crippen LogP contribution in [0.2, 0.25) is 4.47 Å². The molecule has 0 aliphatic heterocycles. The predicted molar refractivity (Wildman–Crippen MR) is 48.1 cm³/mol. The SMILES string of the molecule is CC(C)(C)Cc1nnc(Cl)s1. The van der Waals surface area contributed by atoms with Crippen LogP contribution in [-0.2, 0) is 6.42 Å². The minimum atomic E-state index is 0.267. The van der Waals surface area contributed by atoms with Gasteiger partial charge in [-0.15, -0.1) is 10.2 Å². The molecule has 0 spiro atoms. The third-order valence-electron chi connectivity index (χ3n) is 1.12. The molecule has 0 atom stereocenters. The molecule has 0 saturated heterocycles. The molecule has 0 fully saturated rings. The Kier molecular flexibility index (Phi) is 2.50. The number of hydrogen-bond donors (Lipinski definition) is 0. The lowest BCUT2D eigenvalue weighted by molar-refractivity contribution is 0.409. The van der Waals surface area contributed by atoms with Gasteiger partial charge in [-0.3, -0.25) is 0 Å². The highest BCUT2D eigenvalue weighted by Gasteiger charge is 2.14. The van der Waals surface area contributed by atoms with Crippen LogP contribution in [0.1, 0.15) is 25.8 Å². The van der Waals surface area contributed by atoms with E-state index in [0.717, 1.165) is 11.4 Å². The van der Waals surface area contributed by atoms with Gasteiger partial charge >= 0.3 is 0 Å². The molecule has 0 radical (unpaired) electrons. The zero-order valence-corrected chi connectivity index (χ0v) is 8.46. The van der Waals surface area contributed by atoms with Crippen LogP contribution in [0.25, 0.3) is 0 Å². The molecule has 0 unspecified atom stereocenters. The van der Waals surface area contributed by atoms with E-state index >= 15 is 0 Å². The van der Waals surface area contributed by atoms with E-state index < -0.39 is 0 Å². The second-order valence-electron chi connectivity index (χ2n) is 3.69. The van der Waals surface area contributed by atoms with Crippen molar-refractivity contribution in [2.45, 2.75) is 27.2 Å². The van der Waals surface area contributed by atoms with Crippen LogP contribution in [0.5, 0.6) is 0 Å². The van der Waals surface area contributed by atoms with Crippen LogP contribution in [0, 0.1) is 5.41 Å². The zero-order chi connectivity index (χ0) is 8.48. The fourth-order valence-corrected chi connectivity index (χ4v) is 1.93. The van der Waals surface area contributed by atoms with E-state index in [-0.39, 0.29) is 5.41 Å². The first-order valence-electron chi connectivity index (χ1n) is 3.45. The average molecular weight is 191 g/mol. The van der Waals surface area contributed by atoms with Gasteiger partial charge in [-0.05, 0) is 17.0 Å². The quantitative estimate of drug-likeness (QED) is 0.681. The summed E-state index contributed by atoms with van der Waals surface area (Å²) in [7, 11) is 0. The summed E-state index contributed by atoms with van der Waals surface area (Å²) in [5.41, 5.74) is 0.267. The molecule has 0 saturated carbocycles. The van der Waals surface area contributed by atoms with Gasteiger partial charge in [0.1, 0.15) is 5.01 Å². The Morgan fingerprint density at radius 3 is 2.36 bits per heavy atom. The van der Waals surface area contributed by atoms with Gasteiger partial charge in [0, 0.05) is 6.42 Å². The van der Waals surface area contributed by atoms with Crippen molar-refractivity contribution in [1.29, 1.82) is 0 Å². The van der Waals surface area contributed by atoms with Crippen molar-refractivity contribution < 1.29 is 0 Å². The molecule has 62 valence electrons. The molecule has 1 rings (SSSR count). The number of hydrogen-bond acceptors (Lipinski definition) is 3. The maximum atomic E-state index is 5.63. The number of halogens is 1. The van der Waals surface area contributed by atoms with Gasteiger partial charge in [-0.25, -0.2) is 0 Å². The molecule has 11 heavy (non-hydrogen) atoms. The number of nitrogens with zero attached hydrogens (tertiary/aromatic N) is 2. The Labute approximate surface area is 75.6 Å². The highest BCUT2D eigenvalue weighted by Crippen LogP contribution is 2.24. The molecule has 0 aliphatic rings. The van der Waals surface area contributed by atoms with Gasteiger partial charge in [0.15, 0.2) is 0 Å². The minimum Gasteiger partial charge on any atom is -0.142 e. The van der Waals surface area contributed by atoms with Crippen LogP contribution in [-0.4, -0.2) is 10.2 Å². The molecule has 0 aliphatic carbocycles. The zero-order valence-electron chi connectivity index (χ0n) is 6.89. The second kappa shape index (κ2) is 3.07. The topological polar surface area (TPSA) is 25.8 Å². The highest BCUT2D eigenvalue weighted by atomic mass is 35.5. The van der Waals surface area contributed by atoms with Gasteiger partial charge < -0.3 is 0 Å². The summed E-state index contributed by atoms with van der Waals surface area (Å²) >= 11 is 7.09. The Morgan fingerprint density at radius 1 is 1.36 bits per heavy atom. The van der Waals surface area contributed by atoms with Gasteiger partial charge in [-0.2, -0.15) is 0 Å². The molecule has 1 aromatic heterocycles. The molecule has 1 heterocycles. The summed E-state index contributed by atoms with van der Waals surface area (Å²) in [6, 6.07) is 0. The van der Waals surface area contributed by atoms with Gasteiger partial charge in [0.25, 0.3) is 0 Å². The van der Waals surface area contributed by atoms with Gasteiger partial charge in [0.2, 0.25) is 4.47 Å². The van der Waals surface area contributed by atoms with E-state index in [9.17, 15) is 0 Å². The summed E-state index contributed by atoms with van der Waals surface area (Å²) in [5, 5.41) is 8.69. The average Bonchev–Trinajstić information content (AvgIpc) is 2.10. The van der Waals surface area contributed by atoms with Crippen LogP contribution < -0.4 is 0 Å². The Bertz CT molecular complexity index is 239. The minimum absolute atomic E-state index is 0.267. The molecule has 4 heteroatoms. The third-order valence-corrected chi connectivity index (χ3v) is 2.14. The standard InChI is InChI=1S/C7H11ClN2S/c1-7(2,3)4-5-9-10-6(8)11-5/h4H2,1-3H3. The molecular formula is C7H11ClN2S. The summed E-state index contributed by atoms with van der Waals surface area (Å²) in [5.74, 6) is 0. The summed E-state index contributed by atoms with van der Waals surface area (Å²) in [4.78, 5) is 0. The van der Waals surface area contributed by atoms with E-state index in [2.05, 4.69) is 31.0 Å². The Morgan fingerprint density at radius 2 is 2.00 bits per heavy atom. The molecule has 0 amide bonds. The summed E-state index contributed by atoms with van der Waals surface area (Å²) in [6.45, 7) is 6.51. The lowest BCUT2D eigenvalue weighted by Gasteiger charge is -2.14. The summed E-state index contributed by atoms with van der Waals surface area (Å²) in [6.07, 6.45) is 0.942. The van der Waals surface area contributed by atoms with Crippen molar-refractivity contribution in [3.05, 3.63) is 9.47 Å².